The Balaban J connectivity index is 2.01. The van der Waals surface area contributed by atoms with E-state index in [2.05, 4.69) is 15.3 Å². The van der Waals surface area contributed by atoms with Crippen molar-refractivity contribution in [1.29, 1.82) is 0 Å². The summed E-state index contributed by atoms with van der Waals surface area (Å²) in [6.45, 7) is 3.63. The van der Waals surface area contributed by atoms with Crippen molar-refractivity contribution in [3.63, 3.8) is 0 Å². The maximum atomic E-state index is 13.3. The van der Waals surface area contributed by atoms with Crippen LogP contribution in [0.3, 0.4) is 0 Å². The van der Waals surface area contributed by atoms with Gasteiger partial charge in [0.2, 0.25) is 0 Å². The van der Waals surface area contributed by atoms with Gasteiger partial charge >= 0.3 is 0 Å². The SMILES string of the molecule is CCn1c(Cn2cc(CN)nn2)nc2cc(F)ccc21. The van der Waals surface area contributed by atoms with Gasteiger partial charge in [-0.1, -0.05) is 5.21 Å². The molecule has 6 nitrogen and oxygen atoms in total. The Labute approximate surface area is 115 Å². The van der Waals surface area contributed by atoms with Gasteiger partial charge in [0, 0.05) is 19.2 Å². The first-order chi connectivity index (χ1) is 9.71. The highest BCUT2D eigenvalue weighted by molar-refractivity contribution is 5.76. The number of fused-ring (bicyclic) bond motifs is 1. The van der Waals surface area contributed by atoms with Crippen molar-refractivity contribution in [1.82, 2.24) is 24.5 Å². The van der Waals surface area contributed by atoms with Crippen molar-refractivity contribution in [3.8, 4) is 0 Å². The van der Waals surface area contributed by atoms with E-state index in [1.165, 1.54) is 12.1 Å². The van der Waals surface area contributed by atoms with Gasteiger partial charge in [-0.15, -0.1) is 5.10 Å². The molecular weight excluding hydrogens is 259 g/mol. The highest BCUT2D eigenvalue weighted by Gasteiger charge is 2.11. The van der Waals surface area contributed by atoms with Gasteiger partial charge < -0.3 is 10.3 Å². The molecule has 3 rings (SSSR count). The molecule has 0 amide bonds. The van der Waals surface area contributed by atoms with Gasteiger partial charge in [0.05, 0.1) is 22.9 Å². The van der Waals surface area contributed by atoms with Crippen molar-refractivity contribution in [2.24, 2.45) is 5.73 Å². The molecule has 0 aliphatic carbocycles. The first-order valence-corrected chi connectivity index (χ1v) is 6.45. The molecule has 2 N–H and O–H groups in total. The predicted molar refractivity (Wildman–Crippen MR) is 72.4 cm³/mol. The Hall–Kier alpha value is -2.28. The lowest BCUT2D eigenvalue weighted by molar-refractivity contribution is 0.594. The van der Waals surface area contributed by atoms with Gasteiger partial charge in [-0.05, 0) is 19.1 Å². The summed E-state index contributed by atoms with van der Waals surface area (Å²) >= 11 is 0. The lowest BCUT2D eigenvalue weighted by atomic mass is 10.3. The molecule has 0 aliphatic rings. The van der Waals surface area contributed by atoms with Gasteiger partial charge in [0.25, 0.3) is 0 Å². The number of hydrogen-bond acceptors (Lipinski definition) is 4. The van der Waals surface area contributed by atoms with Crippen LogP contribution in [0, 0.1) is 5.82 Å². The number of halogens is 1. The average Bonchev–Trinajstić information content (AvgIpc) is 3.02. The Morgan fingerprint density at radius 1 is 1.35 bits per heavy atom. The average molecular weight is 274 g/mol. The molecule has 0 bridgehead atoms. The van der Waals surface area contributed by atoms with Crippen LogP contribution in [0.15, 0.2) is 24.4 Å². The minimum atomic E-state index is -0.282. The topological polar surface area (TPSA) is 74.5 Å². The van der Waals surface area contributed by atoms with E-state index in [0.717, 1.165) is 23.6 Å². The summed E-state index contributed by atoms with van der Waals surface area (Å²) in [6, 6.07) is 4.64. The summed E-state index contributed by atoms with van der Waals surface area (Å²) in [5.74, 6) is 0.539. The molecule has 0 saturated carbocycles. The van der Waals surface area contributed by atoms with E-state index in [4.69, 9.17) is 5.73 Å². The van der Waals surface area contributed by atoms with E-state index < -0.39 is 0 Å². The van der Waals surface area contributed by atoms with Crippen LogP contribution in [0.2, 0.25) is 0 Å². The number of rotatable bonds is 4. The van der Waals surface area contributed by atoms with Crippen LogP contribution in [-0.2, 0) is 19.6 Å². The smallest absolute Gasteiger partial charge is 0.131 e. The number of nitrogens with zero attached hydrogens (tertiary/aromatic N) is 5. The van der Waals surface area contributed by atoms with Gasteiger partial charge in [-0.25, -0.2) is 14.1 Å². The second-order valence-electron chi connectivity index (χ2n) is 4.52. The number of hydrogen-bond donors (Lipinski definition) is 1. The number of aromatic nitrogens is 5. The summed E-state index contributed by atoms with van der Waals surface area (Å²) in [5.41, 5.74) is 7.82. The monoisotopic (exact) mass is 274 g/mol. The number of aryl methyl sites for hydroxylation is 1. The third-order valence-corrected chi connectivity index (χ3v) is 3.20. The largest absolute Gasteiger partial charge is 0.327 e. The van der Waals surface area contributed by atoms with E-state index in [9.17, 15) is 4.39 Å². The van der Waals surface area contributed by atoms with E-state index in [1.54, 1.807) is 16.9 Å². The van der Waals surface area contributed by atoms with E-state index >= 15 is 0 Å². The summed E-state index contributed by atoms with van der Waals surface area (Å²) in [5, 5.41) is 7.95. The molecule has 20 heavy (non-hydrogen) atoms. The molecule has 0 atom stereocenters. The number of imidazole rings is 1. The van der Waals surface area contributed by atoms with Crippen LogP contribution in [0.4, 0.5) is 4.39 Å². The van der Waals surface area contributed by atoms with Gasteiger partial charge in [-0.2, -0.15) is 0 Å². The van der Waals surface area contributed by atoms with E-state index in [0.29, 0.717) is 18.6 Å². The Morgan fingerprint density at radius 3 is 2.90 bits per heavy atom. The Kier molecular flexibility index (Phi) is 3.19. The van der Waals surface area contributed by atoms with Crippen LogP contribution >= 0.6 is 0 Å². The van der Waals surface area contributed by atoms with Gasteiger partial charge in [0.1, 0.15) is 18.2 Å². The molecule has 104 valence electrons. The second kappa shape index (κ2) is 5.01. The molecule has 7 heteroatoms. The molecule has 2 aromatic heterocycles. The van der Waals surface area contributed by atoms with Crippen molar-refractivity contribution in [2.75, 3.05) is 0 Å². The normalized spacial score (nSPS) is 11.3. The van der Waals surface area contributed by atoms with Crippen LogP contribution in [-0.4, -0.2) is 24.5 Å². The molecule has 0 fully saturated rings. The number of benzene rings is 1. The predicted octanol–water partition coefficient (Wildman–Crippen LogP) is 1.29. The Morgan fingerprint density at radius 2 is 2.20 bits per heavy atom. The summed E-state index contributed by atoms with van der Waals surface area (Å²) in [4.78, 5) is 4.48. The zero-order valence-electron chi connectivity index (χ0n) is 11.1. The van der Waals surface area contributed by atoms with Crippen LogP contribution in [0.5, 0.6) is 0 Å². The molecule has 2 heterocycles. The lowest BCUT2D eigenvalue weighted by Gasteiger charge is -2.05. The third-order valence-electron chi connectivity index (χ3n) is 3.20. The van der Waals surface area contributed by atoms with Gasteiger partial charge in [0.15, 0.2) is 0 Å². The molecule has 0 spiro atoms. The zero-order valence-corrected chi connectivity index (χ0v) is 11.1. The number of nitrogens with two attached hydrogens (primary N) is 1. The standard InChI is InChI=1S/C13H15FN6/c1-2-20-12-4-3-9(14)5-11(12)16-13(20)8-19-7-10(6-15)17-18-19/h3-5,7H,2,6,8,15H2,1H3. The summed E-state index contributed by atoms with van der Waals surface area (Å²) in [6.07, 6.45) is 1.79. The summed E-state index contributed by atoms with van der Waals surface area (Å²) < 4.78 is 17.0. The molecular formula is C13H15FN6. The molecule has 0 saturated heterocycles. The quantitative estimate of drug-likeness (QED) is 0.778. The van der Waals surface area contributed by atoms with Crippen LogP contribution in [0.25, 0.3) is 11.0 Å². The first kappa shape index (κ1) is 12.7. The third kappa shape index (κ3) is 2.16. The fraction of sp³-hybridized carbons (Fsp3) is 0.308. The summed E-state index contributed by atoms with van der Waals surface area (Å²) in [7, 11) is 0. The van der Waals surface area contributed by atoms with Crippen LogP contribution < -0.4 is 5.73 Å². The Bertz CT molecular complexity index is 744. The van der Waals surface area contributed by atoms with E-state index in [-0.39, 0.29) is 5.82 Å². The zero-order chi connectivity index (χ0) is 14.1. The minimum absolute atomic E-state index is 0.282. The van der Waals surface area contributed by atoms with Crippen molar-refractivity contribution in [3.05, 3.63) is 41.7 Å². The van der Waals surface area contributed by atoms with Crippen molar-refractivity contribution in [2.45, 2.75) is 26.6 Å². The van der Waals surface area contributed by atoms with Crippen LogP contribution in [0.1, 0.15) is 18.4 Å². The minimum Gasteiger partial charge on any atom is -0.327 e. The molecule has 0 radical (unpaired) electrons. The fourth-order valence-corrected chi connectivity index (χ4v) is 2.28. The van der Waals surface area contributed by atoms with E-state index in [1.807, 2.05) is 11.5 Å². The fourth-order valence-electron chi connectivity index (χ4n) is 2.28. The maximum Gasteiger partial charge on any atom is 0.131 e. The molecule has 3 aromatic rings. The highest BCUT2D eigenvalue weighted by atomic mass is 19.1. The lowest BCUT2D eigenvalue weighted by Crippen LogP contribution is -2.08. The van der Waals surface area contributed by atoms with Crippen molar-refractivity contribution < 1.29 is 4.39 Å². The first-order valence-electron chi connectivity index (χ1n) is 6.45. The van der Waals surface area contributed by atoms with Crippen molar-refractivity contribution >= 4 is 11.0 Å². The highest BCUT2D eigenvalue weighted by Crippen LogP contribution is 2.18. The van der Waals surface area contributed by atoms with Gasteiger partial charge in [-0.3, -0.25) is 0 Å². The maximum absolute atomic E-state index is 13.3. The molecule has 1 aromatic carbocycles. The second-order valence-corrected chi connectivity index (χ2v) is 4.52. The molecule has 0 unspecified atom stereocenters. The molecule has 0 aliphatic heterocycles.